The number of nitrogens with one attached hydrogen (secondary N) is 1. The van der Waals surface area contributed by atoms with Gasteiger partial charge in [-0.2, -0.15) is 11.8 Å². The first-order valence-electron chi connectivity index (χ1n) is 5.57. The second-order valence-electron chi connectivity index (χ2n) is 4.11. The molecule has 0 radical (unpaired) electrons. The maximum absolute atomic E-state index is 4.30. The number of aromatic nitrogens is 1. The predicted octanol–water partition coefficient (Wildman–Crippen LogP) is 3.09. The lowest BCUT2D eigenvalue weighted by atomic mass is 10.1. The van der Waals surface area contributed by atoms with E-state index in [1.807, 2.05) is 12.3 Å². The summed E-state index contributed by atoms with van der Waals surface area (Å²) in [6.45, 7) is 4.37. The number of anilines is 1. The Kier molecular flexibility index (Phi) is 3.52. The molecule has 1 N–H and O–H groups in total. The topological polar surface area (TPSA) is 24.9 Å². The molecule has 82 valence electrons. The molecular weight excluding hydrogens is 204 g/mol. The van der Waals surface area contributed by atoms with Crippen molar-refractivity contribution in [2.75, 3.05) is 11.1 Å². The molecular formula is C12H18N2S. The van der Waals surface area contributed by atoms with Crippen molar-refractivity contribution in [3.05, 3.63) is 24.0 Å². The minimum atomic E-state index is 0.603. The monoisotopic (exact) mass is 222 g/mol. The molecule has 0 saturated carbocycles. The summed E-state index contributed by atoms with van der Waals surface area (Å²) in [4.78, 5) is 4.30. The van der Waals surface area contributed by atoms with E-state index in [0.29, 0.717) is 11.3 Å². The molecule has 0 bridgehead atoms. The van der Waals surface area contributed by atoms with Crippen LogP contribution in [0.15, 0.2) is 18.3 Å². The zero-order valence-electron chi connectivity index (χ0n) is 9.36. The highest BCUT2D eigenvalue weighted by Crippen LogP contribution is 2.28. The Morgan fingerprint density at radius 3 is 3.13 bits per heavy atom. The number of rotatable bonds is 2. The van der Waals surface area contributed by atoms with Crippen molar-refractivity contribution in [3.63, 3.8) is 0 Å². The summed E-state index contributed by atoms with van der Waals surface area (Å²) in [5.41, 5.74) is 2.29. The van der Waals surface area contributed by atoms with Gasteiger partial charge in [0.15, 0.2) is 0 Å². The van der Waals surface area contributed by atoms with Gasteiger partial charge >= 0.3 is 0 Å². The first kappa shape index (κ1) is 10.8. The summed E-state index contributed by atoms with van der Waals surface area (Å²) in [5.74, 6) is 1.31. The molecule has 1 aromatic rings. The molecule has 1 fully saturated rings. The maximum Gasteiger partial charge on any atom is 0.0603 e. The van der Waals surface area contributed by atoms with Crippen molar-refractivity contribution in [1.29, 1.82) is 0 Å². The molecule has 0 aliphatic carbocycles. The molecule has 0 amide bonds. The van der Waals surface area contributed by atoms with Gasteiger partial charge in [0.1, 0.15) is 0 Å². The third-order valence-electron chi connectivity index (χ3n) is 2.95. The van der Waals surface area contributed by atoms with E-state index < -0.39 is 0 Å². The Balaban J connectivity index is 2.04. The maximum atomic E-state index is 4.30. The van der Waals surface area contributed by atoms with Crippen molar-refractivity contribution in [3.8, 4) is 0 Å². The van der Waals surface area contributed by atoms with Gasteiger partial charge in [-0.25, -0.2) is 0 Å². The molecule has 1 aliphatic heterocycles. The van der Waals surface area contributed by atoms with Crippen LogP contribution < -0.4 is 5.32 Å². The smallest absolute Gasteiger partial charge is 0.0603 e. The second kappa shape index (κ2) is 4.88. The van der Waals surface area contributed by atoms with E-state index in [2.05, 4.69) is 42.0 Å². The number of aryl methyl sites for hydroxylation is 1. The molecule has 1 aliphatic rings. The summed E-state index contributed by atoms with van der Waals surface area (Å²) >= 11 is 2.07. The van der Waals surface area contributed by atoms with Crippen LogP contribution in [0.2, 0.25) is 0 Å². The van der Waals surface area contributed by atoms with Crippen LogP contribution in [0, 0.1) is 6.92 Å². The SMILES string of the molecule is Cc1ncccc1NC1CCCSC1C. The average molecular weight is 222 g/mol. The van der Waals surface area contributed by atoms with Crippen LogP contribution in [0.4, 0.5) is 5.69 Å². The number of thioether (sulfide) groups is 1. The molecule has 0 spiro atoms. The van der Waals surface area contributed by atoms with Crippen LogP contribution in [0.3, 0.4) is 0 Å². The molecule has 2 nitrogen and oxygen atoms in total. The van der Waals surface area contributed by atoms with Crippen molar-refractivity contribution in [2.24, 2.45) is 0 Å². The van der Waals surface area contributed by atoms with E-state index in [4.69, 9.17) is 0 Å². The number of hydrogen-bond acceptors (Lipinski definition) is 3. The van der Waals surface area contributed by atoms with Crippen LogP contribution in [0.5, 0.6) is 0 Å². The molecule has 2 unspecified atom stereocenters. The predicted molar refractivity (Wildman–Crippen MR) is 67.5 cm³/mol. The molecule has 2 heterocycles. The van der Waals surface area contributed by atoms with Gasteiger partial charge in [0.25, 0.3) is 0 Å². The summed E-state index contributed by atoms with van der Waals surface area (Å²) < 4.78 is 0. The Bertz CT molecular complexity index is 327. The van der Waals surface area contributed by atoms with Gasteiger partial charge in [-0.1, -0.05) is 6.92 Å². The van der Waals surface area contributed by atoms with E-state index in [-0.39, 0.29) is 0 Å². The lowest BCUT2D eigenvalue weighted by Gasteiger charge is -2.30. The fourth-order valence-corrected chi connectivity index (χ4v) is 3.09. The van der Waals surface area contributed by atoms with Crippen molar-refractivity contribution in [1.82, 2.24) is 4.98 Å². The summed E-state index contributed by atoms with van der Waals surface area (Å²) in [7, 11) is 0. The first-order valence-corrected chi connectivity index (χ1v) is 6.62. The minimum absolute atomic E-state index is 0.603. The van der Waals surface area contributed by atoms with Crippen LogP contribution in [-0.4, -0.2) is 22.0 Å². The second-order valence-corrected chi connectivity index (χ2v) is 5.59. The van der Waals surface area contributed by atoms with Gasteiger partial charge in [-0.05, 0) is 37.7 Å². The fourth-order valence-electron chi connectivity index (χ4n) is 1.95. The molecule has 2 atom stereocenters. The highest BCUT2D eigenvalue weighted by molar-refractivity contribution is 8.00. The van der Waals surface area contributed by atoms with Gasteiger partial charge in [0, 0.05) is 17.5 Å². The molecule has 3 heteroatoms. The Hall–Kier alpha value is -0.700. The largest absolute Gasteiger partial charge is 0.380 e. The zero-order valence-corrected chi connectivity index (χ0v) is 10.2. The van der Waals surface area contributed by atoms with E-state index in [1.54, 1.807) is 0 Å². The van der Waals surface area contributed by atoms with Crippen LogP contribution in [0.1, 0.15) is 25.5 Å². The molecule has 1 saturated heterocycles. The van der Waals surface area contributed by atoms with E-state index in [0.717, 1.165) is 5.69 Å². The van der Waals surface area contributed by atoms with Crippen molar-refractivity contribution < 1.29 is 0 Å². The van der Waals surface area contributed by atoms with Crippen LogP contribution in [0.25, 0.3) is 0 Å². The van der Waals surface area contributed by atoms with Gasteiger partial charge in [0.2, 0.25) is 0 Å². The van der Waals surface area contributed by atoms with E-state index >= 15 is 0 Å². The molecule has 1 aromatic heterocycles. The van der Waals surface area contributed by atoms with Gasteiger partial charge in [-0.15, -0.1) is 0 Å². The molecule has 15 heavy (non-hydrogen) atoms. The average Bonchev–Trinajstić information content (AvgIpc) is 2.24. The Morgan fingerprint density at radius 2 is 2.40 bits per heavy atom. The van der Waals surface area contributed by atoms with Crippen molar-refractivity contribution in [2.45, 2.75) is 38.0 Å². The van der Waals surface area contributed by atoms with Gasteiger partial charge in [0.05, 0.1) is 11.4 Å². The summed E-state index contributed by atoms with van der Waals surface area (Å²) in [6, 6.07) is 4.72. The van der Waals surface area contributed by atoms with E-state index in [9.17, 15) is 0 Å². The minimum Gasteiger partial charge on any atom is -0.380 e. The Morgan fingerprint density at radius 1 is 1.53 bits per heavy atom. The normalized spacial score (nSPS) is 26.3. The highest BCUT2D eigenvalue weighted by Gasteiger charge is 2.21. The molecule has 0 aromatic carbocycles. The standard InChI is InChI=1S/C12H18N2S/c1-9-11(5-3-7-13-9)14-12-6-4-8-15-10(12)2/h3,5,7,10,12,14H,4,6,8H2,1-2H3. The van der Waals surface area contributed by atoms with Crippen molar-refractivity contribution >= 4 is 17.4 Å². The van der Waals surface area contributed by atoms with Crippen LogP contribution in [-0.2, 0) is 0 Å². The highest BCUT2D eigenvalue weighted by atomic mass is 32.2. The Labute approximate surface area is 95.9 Å². The van der Waals surface area contributed by atoms with Crippen LogP contribution >= 0.6 is 11.8 Å². The van der Waals surface area contributed by atoms with E-state index in [1.165, 1.54) is 24.3 Å². The van der Waals surface area contributed by atoms with Gasteiger partial charge < -0.3 is 5.32 Å². The quantitative estimate of drug-likeness (QED) is 0.832. The zero-order chi connectivity index (χ0) is 10.7. The number of hydrogen-bond donors (Lipinski definition) is 1. The summed E-state index contributed by atoms with van der Waals surface area (Å²) in [6.07, 6.45) is 4.45. The number of nitrogens with zero attached hydrogens (tertiary/aromatic N) is 1. The summed E-state index contributed by atoms with van der Waals surface area (Å²) in [5, 5.41) is 4.32. The third-order valence-corrected chi connectivity index (χ3v) is 4.33. The molecule has 2 rings (SSSR count). The van der Waals surface area contributed by atoms with Gasteiger partial charge in [-0.3, -0.25) is 4.98 Å². The number of pyridine rings is 1. The first-order chi connectivity index (χ1) is 7.27. The fraction of sp³-hybridized carbons (Fsp3) is 0.583. The lowest BCUT2D eigenvalue weighted by Crippen LogP contribution is -2.33. The third kappa shape index (κ3) is 2.65. The lowest BCUT2D eigenvalue weighted by molar-refractivity contribution is 0.617.